The molecule has 22 heavy (non-hydrogen) atoms. The second-order valence-corrected chi connectivity index (χ2v) is 5.88. The van der Waals surface area contributed by atoms with E-state index < -0.39 is 0 Å². The van der Waals surface area contributed by atoms with E-state index in [-0.39, 0.29) is 5.91 Å². The number of anilines is 1. The van der Waals surface area contributed by atoms with Gasteiger partial charge in [0.05, 0.1) is 0 Å². The number of nitrogens with zero attached hydrogens (tertiary/aromatic N) is 1. The fourth-order valence-electron chi connectivity index (χ4n) is 2.41. The molecule has 2 rings (SSSR count). The smallest absolute Gasteiger partial charge is 0.290 e. The molecule has 0 aliphatic heterocycles. The third kappa shape index (κ3) is 3.94. The van der Waals surface area contributed by atoms with Crippen LogP contribution in [0.2, 0.25) is 0 Å². The molecule has 0 aliphatic carbocycles. The molecule has 3 heteroatoms. The summed E-state index contributed by atoms with van der Waals surface area (Å²) >= 11 is 0. The largest absolute Gasteiger partial charge is 0.321 e. The van der Waals surface area contributed by atoms with Gasteiger partial charge in [-0.15, -0.1) is 0 Å². The Labute approximate surface area is 133 Å². The van der Waals surface area contributed by atoms with Crippen LogP contribution >= 0.6 is 0 Å². The minimum atomic E-state index is -0.00464. The molecular formula is C19H25N2O+. The van der Waals surface area contributed by atoms with Gasteiger partial charge >= 0.3 is 0 Å². The van der Waals surface area contributed by atoms with Crippen molar-refractivity contribution in [3.05, 3.63) is 59.4 Å². The summed E-state index contributed by atoms with van der Waals surface area (Å²) in [5.41, 5.74) is 4.46. The Morgan fingerprint density at radius 2 is 1.86 bits per heavy atom. The van der Waals surface area contributed by atoms with Gasteiger partial charge in [-0.25, -0.2) is 0 Å². The Kier molecular flexibility index (Phi) is 5.31. The van der Waals surface area contributed by atoms with E-state index in [0.717, 1.165) is 17.8 Å². The summed E-state index contributed by atoms with van der Waals surface area (Å²) in [6, 6.07) is 12.2. The van der Waals surface area contributed by atoms with E-state index in [2.05, 4.69) is 44.3 Å². The number of pyridine rings is 1. The van der Waals surface area contributed by atoms with Gasteiger partial charge in [0, 0.05) is 24.2 Å². The van der Waals surface area contributed by atoms with Crippen LogP contribution in [0.25, 0.3) is 0 Å². The molecule has 0 saturated carbocycles. The van der Waals surface area contributed by atoms with E-state index >= 15 is 0 Å². The van der Waals surface area contributed by atoms with Gasteiger partial charge in [-0.1, -0.05) is 26.0 Å². The van der Waals surface area contributed by atoms with Crippen molar-refractivity contribution in [2.75, 3.05) is 5.32 Å². The minimum Gasteiger partial charge on any atom is -0.321 e. The number of aromatic nitrogens is 1. The summed E-state index contributed by atoms with van der Waals surface area (Å²) in [7, 11) is 0. The lowest BCUT2D eigenvalue weighted by Crippen LogP contribution is -2.43. The number of hydrogen-bond donors (Lipinski definition) is 1. The highest BCUT2D eigenvalue weighted by Crippen LogP contribution is 2.20. The molecule has 1 amide bonds. The molecule has 116 valence electrons. The zero-order chi connectivity index (χ0) is 16.1. The van der Waals surface area contributed by atoms with Crippen LogP contribution in [0.5, 0.6) is 0 Å². The molecule has 1 aromatic carbocycles. The van der Waals surface area contributed by atoms with Gasteiger partial charge < -0.3 is 5.32 Å². The maximum Gasteiger partial charge on any atom is 0.290 e. The summed E-state index contributed by atoms with van der Waals surface area (Å²) in [5, 5.41) is 2.96. The van der Waals surface area contributed by atoms with Crippen LogP contribution in [0.4, 0.5) is 5.69 Å². The van der Waals surface area contributed by atoms with Crippen molar-refractivity contribution in [2.45, 2.75) is 46.6 Å². The van der Waals surface area contributed by atoms with Crippen LogP contribution in [0.15, 0.2) is 42.6 Å². The lowest BCUT2D eigenvalue weighted by atomic mass is 9.99. The van der Waals surface area contributed by atoms with Crippen molar-refractivity contribution >= 4 is 11.6 Å². The van der Waals surface area contributed by atoms with Gasteiger partial charge in [-0.2, -0.15) is 4.57 Å². The highest BCUT2D eigenvalue weighted by molar-refractivity contribution is 5.89. The molecule has 0 bridgehead atoms. The fraction of sp³-hybridized carbons (Fsp3) is 0.368. The van der Waals surface area contributed by atoms with Gasteiger partial charge in [0.2, 0.25) is 6.54 Å². The highest BCUT2D eigenvalue weighted by Gasteiger charge is 2.14. The predicted octanol–water partition coefficient (Wildman–Crippen LogP) is 3.74. The molecule has 1 N–H and O–H groups in total. The van der Waals surface area contributed by atoms with Crippen molar-refractivity contribution in [3.8, 4) is 0 Å². The monoisotopic (exact) mass is 297 g/mol. The van der Waals surface area contributed by atoms with E-state index in [9.17, 15) is 4.79 Å². The van der Waals surface area contributed by atoms with E-state index in [0.29, 0.717) is 12.5 Å². The first kappa shape index (κ1) is 16.2. The number of amides is 1. The molecule has 0 unspecified atom stereocenters. The zero-order valence-electron chi connectivity index (χ0n) is 13.9. The topological polar surface area (TPSA) is 33.0 Å². The molecule has 0 saturated heterocycles. The van der Waals surface area contributed by atoms with Gasteiger partial charge in [-0.05, 0) is 43.0 Å². The van der Waals surface area contributed by atoms with Gasteiger partial charge in [0.1, 0.15) is 0 Å². The Bertz CT molecular complexity index is 647. The molecule has 1 atom stereocenters. The van der Waals surface area contributed by atoms with E-state index in [1.165, 1.54) is 11.1 Å². The zero-order valence-corrected chi connectivity index (χ0v) is 13.9. The number of benzene rings is 1. The first-order valence-corrected chi connectivity index (χ1v) is 7.86. The number of hydrogen-bond acceptors (Lipinski definition) is 1. The molecule has 0 spiro atoms. The van der Waals surface area contributed by atoms with Crippen LogP contribution < -0.4 is 9.88 Å². The average molecular weight is 297 g/mol. The SMILES string of the molecule is CC[C@H](C)c1ccc(NC(=O)C[n+]2cccc(C)c2C)cc1. The maximum absolute atomic E-state index is 12.2. The van der Waals surface area contributed by atoms with Crippen molar-refractivity contribution in [1.82, 2.24) is 0 Å². The van der Waals surface area contributed by atoms with Crippen LogP contribution in [0, 0.1) is 13.8 Å². The second kappa shape index (κ2) is 7.21. The number of carbonyl (C=O) groups excluding carboxylic acids is 1. The van der Waals surface area contributed by atoms with E-state index in [1.807, 2.05) is 35.9 Å². The van der Waals surface area contributed by atoms with Crippen LogP contribution in [-0.2, 0) is 11.3 Å². The quantitative estimate of drug-likeness (QED) is 0.838. The molecule has 3 nitrogen and oxygen atoms in total. The first-order chi connectivity index (χ1) is 10.5. The van der Waals surface area contributed by atoms with Crippen molar-refractivity contribution < 1.29 is 9.36 Å². The molecule has 2 aromatic rings. The lowest BCUT2D eigenvalue weighted by molar-refractivity contribution is -0.690. The molecule has 1 heterocycles. The summed E-state index contributed by atoms with van der Waals surface area (Å²) in [6.45, 7) is 8.81. The van der Waals surface area contributed by atoms with E-state index in [1.54, 1.807) is 0 Å². The lowest BCUT2D eigenvalue weighted by Gasteiger charge is -2.10. The van der Waals surface area contributed by atoms with Crippen LogP contribution in [0.1, 0.15) is 43.0 Å². The first-order valence-electron chi connectivity index (χ1n) is 7.86. The average Bonchev–Trinajstić information content (AvgIpc) is 2.52. The van der Waals surface area contributed by atoms with E-state index in [4.69, 9.17) is 0 Å². The van der Waals surface area contributed by atoms with Crippen molar-refractivity contribution in [2.24, 2.45) is 0 Å². The fourth-order valence-corrected chi connectivity index (χ4v) is 2.41. The standard InChI is InChI=1S/C19H24N2O/c1-5-14(2)17-8-10-18(11-9-17)20-19(22)13-21-12-6-7-15(3)16(21)4/h6-12,14H,5,13H2,1-4H3/p+1/t14-/m0/s1. The Morgan fingerprint density at radius 1 is 1.18 bits per heavy atom. The molecule has 0 fully saturated rings. The summed E-state index contributed by atoms with van der Waals surface area (Å²) in [5.74, 6) is 0.547. The summed E-state index contributed by atoms with van der Waals surface area (Å²) < 4.78 is 1.97. The third-order valence-electron chi connectivity index (χ3n) is 4.30. The number of nitrogens with one attached hydrogen (secondary N) is 1. The molecule has 1 aromatic heterocycles. The second-order valence-electron chi connectivity index (χ2n) is 5.88. The Balaban J connectivity index is 2.01. The normalized spacial score (nSPS) is 12.0. The highest BCUT2D eigenvalue weighted by atomic mass is 16.1. The molecular weight excluding hydrogens is 272 g/mol. The minimum absolute atomic E-state index is 0.00464. The van der Waals surface area contributed by atoms with Gasteiger partial charge in [-0.3, -0.25) is 4.79 Å². The number of rotatable bonds is 5. The van der Waals surface area contributed by atoms with Crippen molar-refractivity contribution in [1.29, 1.82) is 0 Å². The Morgan fingerprint density at radius 3 is 2.50 bits per heavy atom. The number of carbonyl (C=O) groups is 1. The summed E-state index contributed by atoms with van der Waals surface area (Å²) in [6.07, 6.45) is 3.06. The summed E-state index contributed by atoms with van der Waals surface area (Å²) in [4.78, 5) is 12.2. The Hall–Kier alpha value is -2.16. The van der Waals surface area contributed by atoms with Gasteiger partial charge in [0.15, 0.2) is 11.9 Å². The van der Waals surface area contributed by atoms with Crippen LogP contribution in [-0.4, -0.2) is 5.91 Å². The molecule has 0 aliphatic rings. The van der Waals surface area contributed by atoms with Crippen LogP contribution in [0.3, 0.4) is 0 Å². The van der Waals surface area contributed by atoms with Gasteiger partial charge in [0.25, 0.3) is 5.91 Å². The van der Waals surface area contributed by atoms with Crippen molar-refractivity contribution in [3.63, 3.8) is 0 Å². The third-order valence-corrected chi connectivity index (χ3v) is 4.30. The predicted molar refractivity (Wildman–Crippen MR) is 89.9 cm³/mol. The molecule has 0 radical (unpaired) electrons. The maximum atomic E-state index is 12.2. The number of aryl methyl sites for hydroxylation is 1.